The van der Waals surface area contributed by atoms with Gasteiger partial charge < -0.3 is 9.47 Å². The second kappa shape index (κ2) is 5.42. The van der Waals surface area contributed by atoms with Crippen molar-refractivity contribution < 1.29 is 14.3 Å². The number of carbonyl (C=O) groups excluding carboxylic acids is 1. The fourth-order valence-corrected chi connectivity index (χ4v) is 1.45. The first-order valence-electron chi connectivity index (χ1n) is 4.12. The molecule has 0 fully saturated rings. The Balaban J connectivity index is 3.10. The normalized spacial score (nSPS) is 9.13. The summed E-state index contributed by atoms with van der Waals surface area (Å²) in [5.41, 5.74) is 0.500. The summed E-state index contributed by atoms with van der Waals surface area (Å²) in [5, 5.41) is 0. The molecule has 0 saturated carbocycles. The minimum Gasteiger partial charge on any atom is -0.493 e. The number of hydrogen-bond acceptors (Lipinski definition) is 3. The SMILES string of the molecule is C#CCOc1cc(Br)c(C=O)cc1OC. The molecule has 0 N–H and O–H groups in total. The number of terminal acetylenes is 1. The number of halogens is 1. The Morgan fingerprint density at radius 3 is 2.80 bits per heavy atom. The fraction of sp³-hybridized carbons (Fsp3) is 0.182. The van der Waals surface area contributed by atoms with E-state index in [0.29, 0.717) is 21.5 Å². The molecule has 15 heavy (non-hydrogen) atoms. The molecule has 0 aliphatic carbocycles. The van der Waals surface area contributed by atoms with Gasteiger partial charge in [0.2, 0.25) is 0 Å². The average Bonchev–Trinajstić information content (AvgIpc) is 2.26. The lowest BCUT2D eigenvalue weighted by molar-refractivity contribution is 0.112. The van der Waals surface area contributed by atoms with E-state index in [1.807, 2.05) is 0 Å². The molecule has 1 rings (SSSR count). The van der Waals surface area contributed by atoms with Gasteiger partial charge in [-0.3, -0.25) is 4.79 Å². The van der Waals surface area contributed by atoms with E-state index < -0.39 is 0 Å². The van der Waals surface area contributed by atoms with Gasteiger partial charge >= 0.3 is 0 Å². The van der Waals surface area contributed by atoms with Gasteiger partial charge in [0, 0.05) is 10.0 Å². The Hall–Kier alpha value is -1.47. The topological polar surface area (TPSA) is 35.5 Å². The van der Waals surface area contributed by atoms with Crippen LogP contribution in [-0.4, -0.2) is 20.0 Å². The maximum Gasteiger partial charge on any atom is 0.163 e. The minimum atomic E-state index is 0.156. The summed E-state index contributed by atoms with van der Waals surface area (Å²) < 4.78 is 11.0. The molecule has 4 heteroatoms. The molecule has 0 saturated heterocycles. The first-order chi connectivity index (χ1) is 7.22. The number of hydrogen-bond donors (Lipinski definition) is 0. The first kappa shape index (κ1) is 11.6. The molecule has 1 aromatic carbocycles. The van der Waals surface area contributed by atoms with Gasteiger partial charge in [-0.2, -0.15) is 0 Å². The highest BCUT2D eigenvalue weighted by Crippen LogP contribution is 2.32. The van der Waals surface area contributed by atoms with Gasteiger partial charge in [0.15, 0.2) is 17.8 Å². The summed E-state index contributed by atoms with van der Waals surface area (Å²) in [6.07, 6.45) is 5.81. The van der Waals surface area contributed by atoms with Crippen LogP contribution in [0.2, 0.25) is 0 Å². The number of carbonyl (C=O) groups is 1. The summed E-state index contributed by atoms with van der Waals surface area (Å²) in [7, 11) is 1.50. The van der Waals surface area contributed by atoms with Crippen LogP contribution in [0.15, 0.2) is 16.6 Å². The molecule has 0 aromatic heterocycles. The lowest BCUT2D eigenvalue weighted by atomic mass is 10.2. The van der Waals surface area contributed by atoms with Crippen molar-refractivity contribution in [2.24, 2.45) is 0 Å². The predicted octanol–water partition coefficient (Wildman–Crippen LogP) is 2.28. The zero-order valence-corrected chi connectivity index (χ0v) is 9.71. The Morgan fingerprint density at radius 2 is 2.27 bits per heavy atom. The molecule has 1 aromatic rings. The van der Waals surface area contributed by atoms with E-state index >= 15 is 0 Å². The highest BCUT2D eigenvalue weighted by atomic mass is 79.9. The van der Waals surface area contributed by atoms with Crippen molar-refractivity contribution in [3.8, 4) is 23.8 Å². The summed E-state index contributed by atoms with van der Waals surface area (Å²) in [5.74, 6) is 3.34. The number of ether oxygens (including phenoxy) is 2. The largest absolute Gasteiger partial charge is 0.493 e. The molecule has 3 nitrogen and oxygen atoms in total. The Kier molecular flexibility index (Phi) is 4.19. The standard InChI is InChI=1S/C11H9BrO3/c1-3-4-15-11-6-9(12)8(7-13)5-10(11)14-2/h1,5-7H,4H2,2H3. The van der Waals surface area contributed by atoms with E-state index in [9.17, 15) is 4.79 Å². The van der Waals surface area contributed by atoms with E-state index in [0.717, 1.165) is 6.29 Å². The molecule has 0 atom stereocenters. The highest BCUT2D eigenvalue weighted by molar-refractivity contribution is 9.10. The van der Waals surface area contributed by atoms with Gasteiger partial charge in [0.25, 0.3) is 0 Å². The van der Waals surface area contributed by atoms with Crippen LogP contribution < -0.4 is 9.47 Å². The van der Waals surface area contributed by atoms with Crippen LogP contribution >= 0.6 is 15.9 Å². The number of rotatable bonds is 4. The molecule has 0 aliphatic heterocycles. The summed E-state index contributed by atoms with van der Waals surface area (Å²) in [6, 6.07) is 3.24. The third kappa shape index (κ3) is 2.74. The van der Waals surface area contributed by atoms with E-state index in [1.54, 1.807) is 12.1 Å². The zero-order chi connectivity index (χ0) is 11.3. The molecule has 78 valence electrons. The van der Waals surface area contributed by atoms with E-state index in [4.69, 9.17) is 15.9 Å². The number of benzene rings is 1. The highest BCUT2D eigenvalue weighted by Gasteiger charge is 2.09. The quantitative estimate of drug-likeness (QED) is 0.621. The van der Waals surface area contributed by atoms with Crippen LogP contribution in [-0.2, 0) is 0 Å². The second-order valence-corrected chi connectivity index (χ2v) is 3.49. The van der Waals surface area contributed by atoms with Gasteiger partial charge in [-0.1, -0.05) is 5.92 Å². The lowest BCUT2D eigenvalue weighted by Crippen LogP contribution is -1.98. The van der Waals surface area contributed by atoms with E-state index in [1.165, 1.54) is 7.11 Å². The van der Waals surface area contributed by atoms with E-state index in [2.05, 4.69) is 21.9 Å². The van der Waals surface area contributed by atoms with Crippen LogP contribution in [0.25, 0.3) is 0 Å². The second-order valence-electron chi connectivity index (χ2n) is 2.64. The van der Waals surface area contributed by atoms with Crippen molar-refractivity contribution in [1.29, 1.82) is 0 Å². The van der Waals surface area contributed by atoms with Gasteiger partial charge in [-0.05, 0) is 28.1 Å². The third-order valence-corrected chi connectivity index (χ3v) is 2.41. The maximum absolute atomic E-state index is 10.7. The smallest absolute Gasteiger partial charge is 0.163 e. The zero-order valence-electron chi connectivity index (χ0n) is 8.12. The van der Waals surface area contributed by atoms with Gasteiger partial charge in [-0.15, -0.1) is 6.42 Å². The fourth-order valence-electron chi connectivity index (χ4n) is 1.03. The summed E-state index contributed by atoms with van der Waals surface area (Å²) >= 11 is 3.24. The van der Waals surface area contributed by atoms with Gasteiger partial charge in [-0.25, -0.2) is 0 Å². The number of methoxy groups -OCH3 is 1. The van der Waals surface area contributed by atoms with Crippen LogP contribution in [0.4, 0.5) is 0 Å². The van der Waals surface area contributed by atoms with Crippen molar-refractivity contribution in [3.63, 3.8) is 0 Å². The van der Waals surface area contributed by atoms with E-state index in [-0.39, 0.29) is 6.61 Å². The van der Waals surface area contributed by atoms with Crippen LogP contribution in [0, 0.1) is 12.3 Å². The lowest BCUT2D eigenvalue weighted by Gasteiger charge is -2.10. The molecule has 0 bridgehead atoms. The van der Waals surface area contributed by atoms with Crippen molar-refractivity contribution in [1.82, 2.24) is 0 Å². The first-order valence-corrected chi connectivity index (χ1v) is 4.91. The average molecular weight is 269 g/mol. The Bertz CT molecular complexity index is 407. The van der Waals surface area contributed by atoms with Gasteiger partial charge in [0.1, 0.15) is 6.61 Å². The molecule has 0 amide bonds. The van der Waals surface area contributed by atoms with Gasteiger partial charge in [0.05, 0.1) is 7.11 Å². The summed E-state index contributed by atoms with van der Waals surface area (Å²) in [4.78, 5) is 10.7. The molecule has 0 spiro atoms. The van der Waals surface area contributed by atoms with Crippen molar-refractivity contribution >= 4 is 22.2 Å². The summed E-state index contributed by atoms with van der Waals surface area (Å²) in [6.45, 7) is 0.156. The molecular weight excluding hydrogens is 260 g/mol. The van der Waals surface area contributed by atoms with Crippen LogP contribution in [0.1, 0.15) is 10.4 Å². The number of aldehydes is 1. The monoisotopic (exact) mass is 268 g/mol. The maximum atomic E-state index is 10.7. The van der Waals surface area contributed by atoms with Crippen molar-refractivity contribution in [3.05, 3.63) is 22.2 Å². The Labute approximate surface area is 96.5 Å². The predicted molar refractivity (Wildman–Crippen MR) is 60.4 cm³/mol. The molecule has 0 unspecified atom stereocenters. The van der Waals surface area contributed by atoms with Crippen molar-refractivity contribution in [2.45, 2.75) is 0 Å². The molecule has 0 heterocycles. The molecule has 0 radical (unpaired) electrons. The van der Waals surface area contributed by atoms with Crippen molar-refractivity contribution in [2.75, 3.05) is 13.7 Å². The third-order valence-electron chi connectivity index (χ3n) is 1.72. The Morgan fingerprint density at radius 1 is 1.53 bits per heavy atom. The van der Waals surface area contributed by atoms with Crippen LogP contribution in [0.3, 0.4) is 0 Å². The molecule has 0 aliphatic rings. The van der Waals surface area contributed by atoms with Crippen LogP contribution in [0.5, 0.6) is 11.5 Å². The molecular formula is C11H9BrO3. The minimum absolute atomic E-state index is 0.156.